The van der Waals surface area contributed by atoms with Crippen molar-refractivity contribution in [1.29, 1.82) is 0 Å². The first-order valence-corrected chi connectivity index (χ1v) is 5.97. The number of H-pyrrole nitrogens is 1. The maximum Gasteiger partial charge on any atom is 0.257 e. The van der Waals surface area contributed by atoms with Gasteiger partial charge in [-0.1, -0.05) is 11.6 Å². The number of imidazole rings is 1. The minimum Gasteiger partial charge on any atom is -0.343 e. The summed E-state index contributed by atoms with van der Waals surface area (Å²) in [5.41, 5.74) is 2.31. The Labute approximate surface area is 113 Å². The average molecular weight is 273 g/mol. The monoisotopic (exact) mass is 272 g/mol. The topological polar surface area (TPSA) is 70.7 Å². The van der Waals surface area contributed by atoms with Crippen LogP contribution in [0, 0.1) is 0 Å². The highest BCUT2D eigenvalue weighted by molar-refractivity contribution is 6.30. The number of aromatic amines is 1. The van der Waals surface area contributed by atoms with Gasteiger partial charge in [-0.25, -0.2) is 9.97 Å². The number of fused-ring (bicyclic) bond motifs is 1. The normalized spacial score (nSPS) is 10.6. The number of anilines is 1. The number of hydrogen-bond acceptors (Lipinski definition) is 3. The molecule has 0 radical (unpaired) electrons. The molecular weight excluding hydrogens is 264 g/mol. The number of carbonyl (C=O) groups is 1. The van der Waals surface area contributed by atoms with Crippen LogP contribution >= 0.6 is 11.6 Å². The smallest absolute Gasteiger partial charge is 0.257 e. The highest BCUT2D eigenvalue weighted by Gasteiger charge is 2.12. The lowest BCUT2D eigenvalue weighted by atomic mass is 10.2. The third-order valence-corrected chi connectivity index (χ3v) is 2.93. The Morgan fingerprint density at radius 1 is 1.16 bits per heavy atom. The molecule has 0 saturated heterocycles. The Kier molecular flexibility index (Phi) is 2.89. The maximum absolute atomic E-state index is 12.2. The van der Waals surface area contributed by atoms with Crippen LogP contribution in [0.1, 0.15) is 10.4 Å². The summed E-state index contributed by atoms with van der Waals surface area (Å²) in [7, 11) is 0. The van der Waals surface area contributed by atoms with E-state index < -0.39 is 0 Å². The van der Waals surface area contributed by atoms with Gasteiger partial charge in [-0.3, -0.25) is 4.79 Å². The molecule has 0 bridgehead atoms. The van der Waals surface area contributed by atoms with E-state index in [-0.39, 0.29) is 5.91 Å². The van der Waals surface area contributed by atoms with Crippen LogP contribution in [-0.2, 0) is 0 Å². The predicted octanol–water partition coefficient (Wildman–Crippen LogP) is 2.86. The SMILES string of the molecule is O=C(Nc1ccc(Cl)cc1)c1ccnc2nc[nH]c12. The van der Waals surface area contributed by atoms with Gasteiger partial charge in [-0.15, -0.1) is 0 Å². The molecule has 0 saturated carbocycles. The van der Waals surface area contributed by atoms with E-state index in [9.17, 15) is 4.79 Å². The molecule has 0 aliphatic carbocycles. The molecule has 2 N–H and O–H groups in total. The van der Waals surface area contributed by atoms with Crippen LogP contribution in [0.4, 0.5) is 5.69 Å². The van der Waals surface area contributed by atoms with Crippen LogP contribution in [0.15, 0.2) is 42.9 Å². The van der Waals surface area contributed by atoms with Crippen LogP contribution in [0.3, 0.4) is 0 Å². The molecule has 2 aromatic heterocycles. The minimum absolute atomic E-state index is 0.223. The van der Waals surface area contributed by atoms with Gasteiger partial charge in [-0.2, -0.15) is 0 Å². The summed E-state index contributed by atoms with van der Waals surface area (Å²) in [5, 5.41) is 3.42. The van der Waals surface area contributed by atoms with Crippen molar-refractivity contribution in [1.82, 2.24) is 15.0 Å². The summed E-state index contributed by atoms with van der Waals surface area (Å²) in [6.45, 7) is 0. The quantitative estimate of drug-likeness (QED) is 0.753. The molecule has 94 valence electrons. The van der Waals surface area contributed by atoms with Gasteiger partial charge in [0, 0.05) is 16.9 Å². The summed E-state index contributed by atoms with van der Waals surface area (Å²) in [4.78, 5) is 23.2. The number of halogens is 1. The van der Waals surface area contributed by atoms with Gasteiger partial charge in [0.05, 0.1) is 17.4 Å². The van der Waals surface area contributed by atoms with Gasteiger partial charge >= 0.3 is 0 Å². The number of benzene rings is 1. The summed E-state index contributed by atoms with van der Waals surface area (Å²) in [5.74, 6) is -0.223. The van der Waals surface area contributed by atoms with E-state index in [0.29, 0.717) is 27.4 Å². The second-order valence-corrected chi connectivity index (χ2v) is 4.36. The maximum atomic E-state index is 12.2. The van der Waals surface area contributed by atoms with Crippen molar-refractivity contribution >= 4 is 34.4 Å². The highest BCUT2D eigenvalue weighted by Crippen LogP contribution is 2.17. The number of rotatable bonds is 2. The molecule has 3 aromatic rings. The van der Waals surface area contributed by atoms with Crippen molar-refractivity contribution in [2.75, 3.05) is 5.32 Å². The van der Waals surface area contributed by atoms with Crippen LogP contribution in [0.5, 0.6) is 0 Å². The number of amides is 1. The van der Waals surface area contributed by atoms with E-state index in [2.05, 4.69) is 20.3 Å². The number of aromatic nitrogens is 3. The fourth-order valence-electron chi connectivity index (χ4n) is 1.77. The Balaban J connectivity index is 1.92. The first-order valence-electron chi connectivity index (χ1n) is 5.59. The van der Waals surface area contributed by atoms with E-state index >= 15 is 0 Å². The Bertz CT molecular complexity index is 736. The van der Waals surface area contributed by atoms with E-state index in [1.807, 2.05) is 0 Å². The van der Waals surface area contributed by atoms with Gasteiger partial charge in [-0.05, 0) is 30.3 Å². The van der Waals surface area contributed by atoms with Crippen molar-refractivity contribution in [3.63, 3.8) is 0 Å². The lowest BCUT2D eigenvalue weighted by Gasteiger charge is -2.05. The number of nitrogens with zero attached hydrogens (tertiary/aromatic N) is 2. The van der Waals surface area contributed by atoms with E-state index in [1.54, 1.807) is 36.5 Å². The van der Waals surface area contributed by atoms with E-state index in [0.717, 1.165) is 0 Å². The van der Waals surface area contributed by atoms with Crippen molar-refractivity contribution in [3.8, 4) is 0 Å². The van der Waals surface area contributed by atoms with Crippen molar-refractivity contribution in [3.05, 3.63) is 53.4 Å². The zero-order valence-corrected chi connectivity index (χ0v) is 10.5. The predicted molar refractivity (Wildman–Crippen MR) is 73.3 cm³/mol. The Morgan fingerprint density at radius 2 is 1.95 bits per heavy atom. The summed E-state index contributed by atoms with van der Waals surface area (Å²) >= 11 is 5.79. The number of hydrogen-bond donors (Lipinski definition) is 2. The number of pyridine rings is 1. The number of carbonyl (C=O) groups excluding carboxylic acids is 1. The van der Waals surface area contributed by atoms with Crippen LogP contribution in [0.25, 0.3) is 11.2 Å². The van der Waals surface area contributed by atoms with E-state index in [4.69, 9.17) is 11.6 Å². The molecule has 0 unspecified atom stereocenters. The number of nitrogens with one attached hydrogen (secondary N) is 2. The lowest BCUT2D eigenvalue weighted by Crippen LogP contribution is -2.12. The third kappa shape index (κ3) is 2.28. The highest BCUT2D eigenvalue weighted by atomic mass is 35.5. The Morgan fingerprint density at radius 3 is 2.74 bits per heavy atom. The van der Waals surface area contributed by atoms with Crippen LogP contribution in [0.2, 0.25) is 5.02 Å². The van der Waals surface area contributed by atoms with Gasteiger partial charge in [0.2, 0.25) is 0 Å². The standard InChI is InChI=1S/C13H9ClN4O/c14-8-1-3-9(4-2-8)18-13(19)10-5-6-15-12-11(10)16-7-17-12/h1-7H,(H,18,19)(H,15,16,17). The first kappa shape index (κ1) is 11.7. The first-order chi connectivity index (χ1) is 9.24. The Hall–Kier alpha value is -2.40. The fraction of sp³-hybridized carbons (Fsp3) is 0. The zero-order chi connectivity index (χ0) is 13.2. The van der Waals surface area contributed by atoms with Gasteiger partial charge < -0.3 is 10.3 Å². The molecular formula is C13H9ClN4O. The molecule has 0 atom stereocenters. The third-order valence-electron chi connectivity index (χ3n) is 2.67. The molecule has 3 rings (SSSR count). The molecule has 5 nitrogen and oxygen atoms in total. The largest absolute Gasteiger partial charge is 0.343 e. The van der Waals surface area contributed by atoms with Crippen LogP contribution < -0.4 is 5.32 Å². The molecule has 19 heavy (non-hydrogen) atoms. The molecule has 0 spiro atoms. The van der Waals surface area contributed by atoms with Gasteiger partial charge in [0.15, 0.2) is 5.65 Å². The molecule has 0 aliphatic heterocycles. The molecule has 0 fully saturated rings. The van der Waals surface area contributed by atoms with Crippen molar-refractivity contribution < 1.29 is 4.79 Å². The van der Waals surface area contributed by atoms with E-state index in [1.165, 1.54) is 6.33 Å². The lowest BCUT2D eigenvalue weighted by molar-refractivity contribution is 0.102. The van der Waals surface area contributed by atoms with Crippen LogP contribution in [-0.4, -0.2) is 20.9 Å². The summed E-state index contributed by atoms with van der Waals surface area (Å²) in [6.07, 6.45) is 3.07. The van der Waals surface area contributed by atoms with Gasteiger partial charge in [0.25, 0.3) is 5.91 Å². The molecule has 1 aromatic carbocycles. The minimum atomic E-state index is -0.223. The molecule has 1 amide bonds. The molecule has 2 heterocycles. The average Bonchev–Trinajstić information content (AvgIpc) is 2.89. The summed E-state index contributed by atoms with van der Waals surface area (Å²) in [6, 6.07) is 8.56. The zero-order valence-electron chi connectivity index (χ0n) is 9.72. The second-order valence-electron chi connectivity index (χ2n) is 3.92. The fourth-order valence-corrected chi connectivity index (χ4v) is 1.90. The molecule has 6 heteroatoms. The molecule has 0 aliphatic rings. The summed E-state index contributed by atoms with van der Waals surface area (Å²) < 4.78 is 0. The van der Waals surface area contributed by atoms with Crippen molar-refractivity contribution in [2.45, 2.75) is 0 Å². The van der Waals surface area contributed by atoms with Gasteiger partial charge in [0.1, 0.15) is 0 Å². The second kappa shape index (κ2) is 4.70. The van der Waals surface area contributed by atoms with Crippen molar-refractivity contribution in [2.24, 2.45) is 0 Å².